The smallest absolute Gasteiger partial charge is 0.462 e. The van der Waals surface area contributed by atoms with Gasteiger partial charge in [-0.1, -0.05) is 198 Å². The standard InChI is InChI=1S/C52H94NO9P/c1-6-8-10-11-12-13-14-15-16-17-18-19-20-21-22-23-26-30-33-36-40-44-52(56)62-50(48-61-63(57,58)60-46-45-53(3,4)5)47-59-51(55)43-39-35-32-29-27-24-25-28-31-34-38-42-49(54)41-37-9-7-2/h24-25,29,31-32,34,38,42,50H,6-23,26-28,30,33,35-37,39-41,43-48H2,1-5H3/p+1/b25-24-,32-29-,34-31-,42-38+/t50-/m1/s1. The molecule has 11 heteroatoms. The van der Waals surface area contributed by atoms with Gasteiger partial charge in [0.2, 0.25) is 0 Å². The monoisotopic (exact) mass is 909 g/mol. The molecule has 0 spiro atoms. The molecule has 0 aliphatic rings. The predicted molar refractivity (Wildman–Crippen MR) is 262 cm³/mol. The minimum Gasteiger partial charge on any atom is -0.462 e. The molecule has 0 radical (unpaired) electrons. The van der Waals surface area contributed by atoms with Crippen LogP contribution >= 0.6 is 7.82 Å². The Balaban J connectivity index is 4.35. The van der Waals surface area contributed by atoms with E-state index < -0.39 is 32.5 Å². The number of rotatable bonds is 46. The van der Waals surface area contributed by atoms with Gasteiger partial charge in [0.05, 0.1) is 27.7 Å². The number of allylic oxidation sites excluding steroid dienone is 8. The third-order valence-electron chi connectivity index (χ3n) is 10.8. The average Bonchev–Trinajstić information content (AvgIpc) is 3.23. The molecule has 0 saturated heterocycles. The summed E-state index contributed by atoms with van der Waals surface area (Å²) in [5.41, 5.74) is 0. The van der Waals surface area contributed by atoms with E-state index in [1.54, 1.807) is 12.2 Å². The molecule has 0 aromatic rings. The van der Waals surface area contributed by atoms with Crippen LogP contribution in [0.25, 0.3) is 0 Å². The number of likely N-dealkylation sites (N-methyl/N-ethyl adjacent to an activating group) is 1. The average molecular weight is 909 g/mol. The van der Waals surface area contributed by atoms with Crippen molar-refractivity contribution in [1.82, 2.24) is 0 Å². The van der Waals surface area contributed by atoms with E-state index in [1.165, 1.54) is 109 Å². The van der Waals surface area contributed by atoms with E-state index >= 15 is 0 Å². The predicted octanol–water partition coefficient (Wildman–Crippen LogP) is 14.2. The number of phosphoric ester groups is 1. The van der Waals surface area contributed by atoms with Gasteiger partial charge >= 0.3 is 19.8 Å². The molecule has 0 fully saturated rings. The van der Waals surface area contributed by atoms with E-state index in [4.69, 9.17) is 18.5 Å². The lowest BCUT2D eigenvalue weighted by Gasteiger charge is -2.24. The number of hydrogen-bond acceptors (Lipinski definition) is 8. The van der Waals surface area contributed by atoms with Gasteiger partial charge in [-0.2, -0.15) is 0 Å². The maximum atomic E-state index is 12.7. The maximum Gasteiger partial charge on any atom is 0.472 e. The van der Waals surface area contributed by atoms with E-state index in [9.17, 15) is 23.8 Å². The van der Waals surface area contributed by atoms with Gasteiger partial charge in [0.15, 0.2) is 11.9 Å². The van der Waals surface area contributed by atoms with Crippen LogP contribution in [0.5, 0.6) is 0 Å². The molecule has 1 unspecified atom stereocenters. The van der Waals surface area contributed by atoms with Crippen molar-refractivity contribution in [3.8, 4) is 0 Å². The van der Waals surface area contributed by atoms with Gasteiger partial charge in [-0.05, 0) is 44.6 Å². The van der Waals surface area contributed by atoms with E-state index in [0.717, 1.165) is 51.4 Å². The Bertz CT molecular complexity index is 1270. The first-order valence-electron chi connectivity index (χ1n) is 25.3. The largest absolute Gasteiger partial charge is 0.472 e. The Morgan fingerprint density at radius 2 is 1.00 bits per heavy atom. The highest BCUT2D eigenvalue weighted by Crippen LogP contribution is 2.43. The Hall–Kier alpha value is -2.36. The minimum atomic E-state index is -4.40. The minimum absolute atomic E-state index is 0.0134. The molecule has 0 aliphatic heterocycles. The van der Waals surface area contributed by atoms with Gasteiger partial charge < -0.3 is 18.9 Å². The quantitative estimate of drug-likeness (QED) is 0.0121. The highest BCUT2D eigenvalue weighted by atomic mass is 31.2. The van der Waals surface area contributed by atoms with Gasteiger partial charge in [0.25, 0.3) is 0 Å². The Morgan fingerprint density at radius 1 is 0.540 bits per heavy atom. The molecular formula is C52H95NO9P+. The zero-order chi connectivity index (χ0) is 46.5. The summed E-state index contributed by atoms with van der Waals surface area (Å²) in [7, 11) is 1.42. The van der Waals surface area contributed by atoms with Crippen molar-refractivity contribution in [1.29, 1.82) is 0 Å². The van der Waals surface area contributed by atoms with Crippen molar-refractivity contribution >= 4 is 25.5 Å². The van der Waals surface area contributed by atoms with Crippen LogP contribution in [0.15, 0.2) is 48.6 Å². The molecule has 0 saturated carbocycles. The van der Waals surface area contributed by atoms with Crippen molar-refractivity contribution in [3.05, 3.63) is 48.6 Å². The first-order chi connectivity index (χ1) is 30.4. The number of quaternary nitrogens is 1. The van der Waals surface area contributed by atoms with Crippen LogP contribution in [0, 0.1) is 0 Å². The molecule has 366 valence electrons. The zero-order valence-corrected chi connectivity index (χ0v) is 41.9. The lowest BCUT2D eigenvalue weighted by atomic mass is 10.0. The van der Waals surface area contributed by atoms with Crippen molar-refractivity contribution in [3.63, 3.8) is 0 Å². The third-order valence-corrected chi connectivity index (χ3v) is 11.8. The molecule has 0 aromatic carbocycles. The van der Waals surface area contributed by atoms with Gasteiger partial charge in [0, 0.05) is 19.3 Å². The second-order valence-electron chi connectivity index (χ2n) is 18.2. The molecule has 0 aliphatic carbocycles. The van der Waals surface area contributed by atoms with Crippen molar-refractivity contribution in [2.45, 2.75) is 219 Å². The number of ketones is 1. The SMILES string of the molecule is CCCCCCCCCCCCCCCCCCCCCCCC(=O)O[C@H](COC(=O)CCC/C=C\C/C=C\C/C=C\C=C\C(=O)CCCCC)COP(=O)(O)OCC[N+](C)(C)C. The van der Waals surface area contributed by atoms with Crippen LogP contribution in [0.1, 0.15) is 213 Å². The van der Waals surface area contributed by atoms with Crippen LogP contribution in [0.4, 0.5) is 0 Å². The number of unbranched alkanes of at least 4 members (excludes halogenated alkanes) is 23. The number of phosphoric acid groups is 1. The summed E-state index contributed by atoms with van der Waals surface area (Å²) in [5, 5.41) is 0. The first kappa shape index (κ1) is 60.6. The lowest BCUT2D eigenvalue weighted by Crippen LogP contribution is -2.37. The number of esters is 2. The van der Waals surface area contributed by atoms with Crippen LogP contribution in [0.2, 0.25) is 0 Å². The third kappa shape index (κ3) is 47.4. The molecule has 2 atom stereocenters. The highest BCUT2D eigenvalue weighted by molar-refractivity contribution is 7.47. The fourth-order valence-corrected chi connectivity index (χ4v) is 7.59. The topological polar surface area (TPSA) is 125 Å². The normalized spacial score (nSPS) is 13.7. The molecule has 0 heterocycles. The van der Waals surface area contributed by atoms with Gasteiger partial charge in [0.1, 0.15) is 19.8 Å². The van der Waals surface area contributed by atoms with E-state index in [2.05, 4.69) is 26.0 Å². The zero-order valence-electron chi connectivity index (χ0n) is 41.1. The molecule has 63 heavy (non-hydrogen) atoms. The summed E-state index contributed by atoms with van der Waals surface area (Å²) in [4.78, 5) is 47.2. The maximum absolute atomic E-state index is 12.7. The van der Waals surface area contributed by atoms with Crippen molar-refractivity contribution < 1.29 is 46.8 Å². The van der Waals surface area contributed by atoms with E-state index in [-0.39, 0.29) is 31.8 Å². The van der Waals surface area contributed by atoms with Gasteiger partial charge in [-0.3, -0.25) is 23.4 Å². The van der Waals surface area contributed by atoms with Crippen LogP contribution in [0.3, 0.4) is 0 Å². The summed E-state index contributed by atoms with van der Waals surface area (Å²) in [5.74, 6) is -0.720. The molecule has 0 amide bonds. The second-order valence-corrected chi connectivity index (χ2v) is 19.7. The lowest BCUT2D eigenvalue weighted by molar-refractivity contribution is -0.870. The number of carbonyl (C=O) groups is 3. The Morgan fingerprint density at radius 3 is 1.54 bits per heavy atom. The number of hydrogen-bond donors (Lipinski definition) is 1. The Labute approximate surface area is 386 Å². The molecule has 0 bridgehead atoms. The van der Waals surface area contributed by atoms with E-state index in [1.807, 2.05) is 45.4 Å². The summed E-state index contributed by atoms with van der Waals surface area (Å²) in [6.45, 7) is 4.20. The number of nitrogens with zero attached hydrogens (tertiary/aromatic N) is 1. The van der Waals surface area contributed by atoms with Crippen LogP contribution in [-0.4, -0.2) is 80.7 Å². The Kier molecular flexibility index (Phi) is 41.9. The molecule has 1 N–H and O–H groups in total. The molecule has 0 rings (SSSR count). The van der Waals surface area contributed by atoms with Gasteiger partial charge in [-0.15, -0.1) is 0 Å². The molecule has 0 aromatic heterocycles. The summed E-state index contributed by atoms with van der Waals surface area (Å²) in [6.07, 6.45) is 48.7. The van der Waals surface area contributed by atoms with Crippen molar-refractivity contribution in [2.24, 2.45) is 0 Å². The summed E-state index contributed by atoms with van der Waals surface area (Å²) < 4.78 is 34.3. The summed E-state index contributed by atoms with van der Waals surface area (Å²) in [6, 6.07) is 0. The summed E-state index contributed by atoms with van der Waals surface area (Å²) >= 11 is 0. The van der Waals surface area contributed by atoms with E-state index in [0.29, 0.717) is 36.7 Å². The number of ether oxygens (including phenoxy) is 2. The fraction of sp³-hybridized carbons (Fsp3) is 0.788. The first-order valence-corrected chi connectivity index (χ1v) is 26.8. The van der Waals surface area contributed by atoms with Crippen molar-refractivity contribution in [2.75, 3.05) is 47.5 Å². The molecule has 10 nitrogen and oxygen atoms in total. The highest BCUT2D eigenvalue weighted by Gasteiger charge is 2.27. The van der Waals surface area contributed by atoms with Crippen LogP contribution < -0.4 is 0 Å². The fourth-order valence-electron chi connectivity index (χ4n) is 6.85. The molecular weight excluding hydrogens is 814 g/mol. The second kappa shape index (κ2) is 43.5. The van der Waals surface area contributed by atoms with Gasteiger partial charge in [-0.25, -0.2) is 4.57 Å². The van der Waals surface area contributed by atoms with Crippen LogP contribution in [-0.2, 0) is 37.5 Å². The number of carbonyl (C=O) groups excluding carboxylic acids is 3.